The van der Waals surface area contributed by atoms with Gasteiger partial charge in [-0.2, -0.15) is 0 Å². The Labute approximate surface area is 117 Å². The molecule has 19 heavy (non-hydrogen) atoms. The van der Waals surface area contributed by atoms with Crippen molar-refractivity contribution in [3.05, 3.63) is 28.8 Å². The molecule has 1 aliphatic heterocycles. The number of piperazine rings is 1. The molecule has 2 aliphatic rings. The van der Waals surface area contributed by atoms with Crippen molar-refractivity contribution in [2.24, 2.45) is 0 Å². The van der Waals surface area contributed by atoms with Crippen molar-refractivity contribution in [3.8, 4) is 0 Å². The summed E-state index contributed by atoms with van der Waals surface area (Å²) in [6.07, 6.45) is 6.55. The number of hydrogen-bond acceptors (Lipinski definition) is 2. The van der Waals surface area contributed by atoms with Crippen LogP contribution >= 0.6 is 0 Å². The van der Waals surface area contributed by atoms with Crippen LogP contribution in [-0.2, 0) is 19.3 Å². The largest absolute Gasteiger partial charge is 0.369 e. The van der Waals surface area contributed by atoms with Gasteiger partial charge >= 0.3 is 0 Å². The molecule has 1 heterocycles. The zero-order chi connectivity index (χ0) is 13.2. The van der Waals surface area contributed by atoms with E-state index in [4.69, 9.17) is 0 Å². The van der Waals surface area contributed by atoms with Crippen molar-refractivity contribution in [2.75, 3.05) is 38.1 Å². The second kappa shape index (κ2) is 5.54. The summed E-state index contributed by atoms with van der Waals surface area (Å²) in [7, 11) is 2.23. The van der Waals surface area contributed by atoms with Gasteiger partial charge in [0.1, 0.15) is 0 Å². The Balaban J connectivity index is 1.93. The highest BCUT2D eigenvalue weighted by atomic mass is 15.2. The van der Waals surface area contributed by atoms with Gasteiger partial charge in [-0.25, -0.2) is 0 Å². The molecular weight excluding hydrogens is 232 g/mol. The van der Waals surface area contributed by atoms with Crippen LogP contribution in [0, 0.1) is 0 Å². The van der Waals surface area contributed by atoms with Crippen LogP contribution in [0.1, 0.15) is 36.5 Å². The molecule has 0 N–H and O–H groups in total. The predicted octanol–water partition coefficient (Wildman–Crippen LogP) is 2.88. The highest BCUT2D eigenvalue weighted by Gasteiger charge is 2.21. The van der Waals surface area contributed by atoms with Crippen LogP contribution in [0.2, 0.25) is 0 Å². The van der Waals surface area contributed by atoms with Crippen LogP contribution in [-0.4, -0.2) is 38.1 Å². The van der Waals surface area contributed by atoms with E-state index in [9.17, 15) is 0 Å². The standard InChI is InChI=1S/C17H26N2/c1-3-14-8-9-17(16-7-5-4-6-15(14)16)19-12-10-18(2)11-13-19/h8-9H,3-7,10-13H2,1-2H3. The van der Waals surface area contributed by atoms with Gasteiger partial charge in [-0.05, 0) is 61.9 Å². The molecule has 1 aromatic carbocycles. The molecule has 104 valence electrons. The summed E-state index contributed by atoms with van der Waals surface area (Å²) in [6, 6.07) is 4.78. The average molecular weight is 258 g/mol. The first kappa shape index (κ1) is 13.0. The van der Waals surface area contributed by atoms with E-state index in [0.29, 0.717) is 0 Å². The lowest BCUT2D eigenvalue weighted by Gasteiger charge is -2.36. The number of fused-ring (bicyclic) bond motifs is 1. The van der Waals surface area contributed by atoms with Gasteiger partial charge in [-0.3, -0.25) is 0 Å². The fourth-order valence-electron chi connectivity index (χ4n) is 3.60. The van der Waals surface area contributed by atoms with Crippen molar-refractivity contribution >= 4 is 5.69 Å². The lowest BCUT2D eigenvalue weighted by molar-refractivity contribution is 0.312. The van der Waals surface area contributed by atoms with E-state index < -0.39 is 0 Å². The van der Waals surface area contributed by atoms with Gasteiger partial charge < -0.3 is 9.80 Å². The summed E-state index contributed by atoms with van der Waals surface area (Å²) in [4.78, 5) is 5.05. The third kappa shape index (κ3) is 2.51. The van der Waals surface area contributed by atoms with Crippen LogP contribution < -0.4 is 4.90 Å². The minimum atomic E-state index is 1.19. The number of nitrogens with zero attached hydrogens (tertiary/aromatic N) is 2. The summed E-state index contributed by atoms with van der Waals surface area (Å²) in [5, 5.41) is 0. The molecule has 1 aromatic rings. The molecule has 0 aromatic heterocycles. The molecular formula is C17H26N2. The molecule has 0 saturated carbocycles. The zero-order valence-electron chi connectivity index (χ0n) is 12.4. The van der Waals surface area contributed by atoms with Crippen molar-refractivity contribution in [2.45, 2.75) is 39.0 Å². The first-order chi connectivity index (χ1) is 9.29. The van der Waals surface area contributed by atoms with E-state index >= 15 is 0 Å². The Bertz CT molecular complexity index is 445. The highest BCUT2D eigenvalue weighted by molar-refractivity contribution is 5.60. The number of aryl methyl sites for hydroxylation is 1. The van der Waals surface area contributed by atoms with E-state index in [1.165, 1.54) is 58.3 Å². The Morgan fingerprint density at radius 1 is 0.947 bits per heavy atom. The van der Waals surface area contributed by atoms with E-state index in [0.717, 1.165) is 0 Å². The molecule has 1 aliphatic carbocycles. The Morgan fingerprint density at radius 2 is 1.63 bits per heavy atom. The molecule has 0 unspecified atom stereocenters. The van der Waals surface area contributed by atoms with E-state index in [1.54, 1.807) is 22.4 Å². The van der Waals surface area contributed by atoms with Crippen LogP contribution in [0.4, 0.5) is 5.69 Å². The van der Waals surface area contributed by atoms with Gasteiger partial charge in [0.15, 0.2) is 0 Å². The van der Waals surface area contributed by atoms with Gasteiger partial charge in [0.25, 0.3) is 0 Å². The normalized spacial score (nSPS) is 20.4. The van der Waals surface area contributed by atoms with Crippen LogP contribution in [0.3, 0.4) is 0 Å². The fraction of sp³-hybridized carbons (Fsp3) is 0.647. The van der Waals surface area contributed by atoms with Crippen LogP contribution in [0.25, 0.3) is 0 Å². The maximum Gasteiger partial charge on any atom is 0.0402 e. The van der Waals surface area contributed by atoms with Gasteiger partial charge in [0.2, 0.25) is 0 Å². The van der Waals surface area contributed by atoms with Gasteiger partial charge in [0.05, 0.1) is 0 Å². The van der Waals surface area contributed by atoms with E-state index in [-0.39, 0.29) is 0 Å². The second-order valence-electron chi connectivity index (χ2n) is 6.05. The molecule has 3 rings (SSSR count). The molecule has 1 saturated heterocycles. The minimum absolute atomic E-state index is 1.19. The minimum Gasteiger partial charge on any atom is -0.369 e. The molecule has 0 spiro atoms. The molecule has 0 radical (unpaired) electrons. The van der Waals surface area contributed by atoms with Gasteiger partial charge in [0, 0.05) is 31.9 Å². The summed E-state index contributed by atoms with van der Waals surface area (Å²) < 4.78 is 0. The van der Waals surface area contributed by atoms with Crippen LogP contribution in [0.5, 0.6) is 0 Å². The summed E-state index contributed by atoms with van der Waals surface area (Å²) in [5.74, 6) is 0. The second-order valence-corrected chi connectivity index (χ2v) is 6.05. The number of likely N-dealkylation sites (N-methyl/N-ethyl adjacent to an activating group) is 1. The molecule has 0 amide bonds. The van der Waals surface area contributed by atoms with Crippen molar-refractivity contribution in [1.29, 1.82) is 0 Å². The Kier molecular flexibility index (Phi) is 3.79. The van der Waals surface area contributed by atoms with Gasteiger partial charge in [-0.15, -0.1) is 0 Å². The average Bonchev–Trinajstić information content (AvgIpc) is 2.47. The molecule has 0 atom stereocenters. The first-order valence-corrected chi connectivity index (χ1v) is 7.86. The van der Waals surface area contributed by atoms with E-state index in [2.05, 4.69) is 35.9 Å². The zero-order valence-corrected chi connectivity index (χ0v) is 12.4. The molecule has 2 nitrogen and oxygen atoms in total. The summed E-state index contributed by atoms with van der Waals surface area (Å²) in [5.41, 5.74) is 6.49. The lowest BCUT2D eigenvalue weighted by atomic mass is 9.86. The summed E-state index contributed by atoms with van der Waals surface area (Å²) in [6.45, 7) is 7.07. The SMILES string of the molecule is CCc1ccc(N2CCN(C)CC2)c2c1CCCC2. The summed E-state index contributed by atoms with van der Waals surface area (Å²) >= 11 is 0. The van der Waals surface area contributed by atoms with Crippen molar-refractivity contribution in [3.63, 3.8) is 0 Å². The quantitative estimate of drug-likeness (QED) is 0.805. The molecule has 1 fully saturated rings. The molecule has 0 bridgehead atoms. The third-order valence-electron chi connectivity index (χ3n) is 4.83. The number of anilines is 1. The van der Waals surface area contributed by atoms with Crippen molar-refractivity contribution < 1.29 is 0 Å². The smallest absolute Gasteiger partial charge is 0.0402 e. The molecule has 2 heteroatoms. The maximum atomic E-state index is 2.61. The lowest BCUT2D eigenvalue weighted by Crippen LogP contribution is -2.45. The number of benzene rings is 1. The van der Waals surface area contributed by atoms with Gasteiger partial charge in [-0.1, -0.05) is 13.0 Å². The van der Waals surface area contributed by atoms with E-state index in [1.807, 2.05) is 0 Å². The Hall–Kier alpha value is -1.02. The Morgan fingerprint density at radius 3 is 2.32 bits per heavy atom. The predicted molar refractivity (Wildman–Crippen MR) is 82.2 cm³/mol. The topological polar surface area (TPSA) is 6.48 Å². The highest BCUT2D eigenvalue weighted by Crippen LogP contribution is 2.33. The number of hydrogen-bond donors (Lipinski definition) is 0. The maximum absolute atomic E-state index is 2.61. The monoisotopic (exact) mass is 258 g/mol. The van der Waals surface area contributed by atoms with Crippen molar-refractivity contribution in [1.82, 2.24) is 4.90 Å². The fourth-order valence-corrected chi connectivity index (χ4v) is 3.60. The number of rotatable bonds is 2. The first-order valence-electron chi connectivity index (χ1n) is 7.86. The third-order valence-corrected chi connectivity index (χ3v) is 4.83. The van der Waals surface area contributed by atoms with Crippen LogP contribution in [0.15, 0.2) is 12.1 Å².